The van der Waals surface area contributed by atoms with E-state index in [1.165, 1.54) is 5.56 Å². The fourth-order valence-corrected chi connectivity index (χ4v) is 4.85. The molecule has 4 rings (SSSR count). The minimum absolute atomic E-state index is 0.207. The summed E-state index contributed by atoms with van der Waals surface area (Å²) in [5, 5.41) is 6.25. The molecule has 1 amide bonds. The first-order valence-corrected chi connectivity index (χ1v) is 11.5. The lowest BCUT2D eigenvalue weighted by atomic mass is 9.92. The Labute approximate surface area is 195 Å². The lowest BCUT2D eigenvalue weighted by Gasteiger charge is -2.29. The highest BCUT2D eigenvalue weighted by atomic mass is 19.1. The third-order valence-electron chi connectivity index (χ3n) is 6.46. The van der Waals surface area contributed by atoms with Crippen LogP contribution in [0, 0.1) is 26.6 Å². The molecule has 3 aromatic carbocycles. The number of hydrogen-bond donors (Lipinski definition) is 3. The molecular weight excluding hydrogens is 413 g/mol. The van der Waals surface area contributed by atoms with Crippen LogP contribution in [-0.2, 0) is 17.6 Å². The number of amides is 1. The second-order valence-electron chi connectivity index (χ2n) is 9.17. The van der Waals surface area contributed by atoms with Crippen LogP contribution in [0.3, 0.4) is 0 Å². The van der Waals surface area contributed by atoms with Crippen molar-refractivity contribution in [3.05, 3.63) is 99.4 Å². The Bertz CT molecular complexity index is 1140. The highest BCUT2D eigenvalue weighted by Gasteiger charge is 2.27. The van der Waals surface area contributed by atoms with E-state index in [-0.39, 0.29) is 17.8 Å². The third kappa shape index (κ3) is 5.25. The molecule has 0 spiro atoms. The van der Waals surface area contributed by atoms with Crippen molar-refractivity contribution >= 4 is 11.6 Å². The minimum atomic E-state index is -0.666. The Morgan fingerprint density at radius 1 is 1.09 bits per heavy atom. The van der Waals surface area contributed by atoms with E-state index in [1.54, 1.807) is 6.07 Å². The van der Waals surface area contributed by atoms with Crippen molar-refractivity contribution in [1.82, 2.24) is 5.32 Å². The van der Waals surface area contributed by atoms with Crippen molar-refractivity contribution in [3.63, 3.8) is 0 Å². The monoisotopic (exact) mass is 445 g/mol. The van der Waals surface area contributed by atoms with Crippen LogP contribution in [0.4, 0.5) is 10.1 Å². The molecular formula is C28H32FN3O. The molecule has 3 aromatic rings. The van der Waals surface area contributed by atoms with Crippen molar-refractivity contribution in [2.45, 2.75) is 52.1 Å². The van der Waals surface area contributed by atoms with E-state index >= 15 is 0 Å². The highest BCUT2D eigenvalue weighted by molar-refractivity contribution is 5.82. The van der Waals surface area contributed by atoms with Gasteiger partial charge in [0.05, 0.1) is 17.8 Å². The average Bonchev–Trinajstić information content (AvgIpc) is 2.77. The SMILES string of the molecule is Cc1cc(C)c(C[C@H](N)C(=O)N[C@@H]2CCNc3c(F)cc(Cc4ccccc4)cc32)c(C)c1. The van der Waals surface area contributed by atoms with Gasteiger partial charge in [-0.3, -0.25) is 4.79 Å². The summed E-state index contributed by atoms with van der Waals surface area (Å²) in [6.07, 6.45) is 1.80. The first kappa shape index (κ1) is 23.0. The predicted octanol–water partition coefficient (Wildman–Crippen LogP) is 4.88. The molecule has 0 fully saturated rings. The Morgan fingerprint density at radius 3 is 2.48 bits per heavy atom. The summed E-state index contributed by atoms with van der Waals surface area (Å²) < 4.78 is 14.9. The van der Waals surface area contributed by atoms with Crippen molar-refractivity contribution in [2.24, 2.45) is 5.73 Å². The summed E-state index contributed by atoms with van der Waals surface area (Å²) in [4.78, 5) is 13.0. The van der Waals surface area contributed by atoms with E-state index in [9.17, 15) is 9.18 Å². The zero-order chi connectivity index (χ0) is 23.5. The summed E-state index contributed by atoms with van der Waals surface area (Å²) in [7, 11) is 0. The topological polar surface area (TPSA) is 67.2 Å². The number of fused-ring (bicyclic) bond motifs is 1. The molecule has 0 radical (unpaired) electrons. The molecule has 0 aliphatic carbocycles. The van der Waals surface area contributed by atoms with Crippen LogP contribution in [0.25, 0.3) is 0 Å². The van der Waals surface area contributed by atoms with Crippen LogP contribution >= 0.6 is 0 Å². The van der Waals surface area contributed by atoms with E-state index in [0.717, 1.165) is 33.4 Å². The van der Waals surface area contributed by atoms with E-state index in [0.29, 0.717) is 31.5 Å². The van der Waals surface area contributed by atoms with Gasteiger partial charge in [-0.25, -0.2) is 4.39 Å². The van der Waals surface area contributed by atoms with E-state index in [1.807, 2.05) is 36.4 Å². The summed E-state index contributed by atoms with van der Waals surface area (Å²) in [5.74, 6) is -0.492. The van der Waals surface area contributed by atoms with Crippen LogP contribution in [0.5, 0.6) is 0 Å². The van der Waals surface area contributed by atoms with Crippen molar-refractivity contribution in [2.75, 3.05) is 11.9 Å². The lowest BCUT2D eigenvalue weighted by Crippen LogP contribution is -2.45. The van der Waals surface area contributed by atoms with Gasteiger partial charge in [0.2, 0.25) is 5.91 Å². The number of rotatable bonds is 6. The fourth-order valence-electron chi connectivity index (χ4n) is 4.85. The maximum Gasteiger partial charge on any atom is 0.237 e. The van der Waals surface area contributed by atoms with Crippen molar-refractivity contribution < 1.29 is 9.18 Å². The van der Waals surface area contributed by atoms with E-state index in [4.69, 9.17) is 5.73 Å². The first-order valence-electron chi connectivity index (χ1n) is 11.5. The van der Waals surface area contributed by atoms with Gasteiger partial charge >= 0.3 is 0 Å². The lowest BCUT2D eigenvalue weighted by molar-refractivity contribution is -0.123. The van der Waals surface area contributed by atoms with Gasteiger partial charge in [0.15, 0.2) is 0 Å². The average molecular weight is 446 g/mol. The Hall–Kier alpha value is -3.18. The minimum Gasteiger partial charge on any atom is -0.382 e. The number of benzene rings is 3. The van der Waals surface area contributed by atoms with Gasteiger partial charge in [-0.05, 0) is 73.9 Å². The maximum absolute atomic E-state index is 14.9. The second-order valence-corrected chi connectivity index (χ2v) is 9.17. The number of nitrogens with one attached hydrogen (secondary N) is 2. The zero-order valence-corrected chi connectivity index (χ0v) is 19.5. The van der Waals surface area contributed by atoms with Gasteiger partial charge in [-0.1, -0.05) is 54.1 Å². The molecule has 172 valence electrons. The quantitative estimate of drug-likeness (QED) is 0.506. The number of anilines is 1. The molecule has 33 heavy (non-hydrogen) atoms. The fraction of sp³-hybridized carbons (Fsp3) is 0.321. The van der Waals surface area contributed by atoms with Gasteiger partial charge in [-0.15, -0.1) is 0 Å². The summed E-state index contributed by atoms with van der Waals surface area (Å²) in [5.41, 5.74) is 14.2. The summed E-state index contributed by atoms with van der Waals surface area (Å²) >= 11 is 0. The molecule has 0 saturated heterocycles. The molecule has 4 nitrogen and oxygen atoms in total. The van der Waals surface area contributed by atoms with Crippen LogP contribution in [0.2, 0.25) is 0 Å². The van der Waals surface area contributed by atoms with Crippen molar-refractivity contribution in [3.8, 4) is 0 Å². The number of halogens is 1. The van der Waals surface area contributed by atoms with Crippen LogP contribution in [0.1, 0.15) is 51.4 Å². The second kappa shape index (κ2) is 9.75. The van der Waals surface area contributed by atoms with Crippen molar-refractivity contribution in [1.29, 1.82) is 0 Å². The van der Waals surface area contributed by atoms with E-state index in [2.05, 4.69) is 43.5 Å². The molecule has 0 aromatic heterocycles. The first-order chi connectivity index (χ1) is 15.8. The molecule has 0 unspecified atom stereocenters. The van der Waals surface area contributed by atoms with Gasteiger partial charge in [0, 0.05) is 12.1 Å². The summed E-state index contributed by atoms with van der Waals surface area (Å²) in [6, 6.07) is 16.9. The molecule has 2 atom stereocenters. The van der Waals surface area contributed by atoms with Gasteiger partial charge in [0.1, 0.15) is 5.82 Å². The normalized spacial score (nSPS) is 16.0. The smallest absolute Gasteiger partial charge is 0.237 e. The number of carbonyl (C=O) groups excluding carboxylic acids is 1. The highest BCUT2D eigenvalue weighted by Crippen LogP contribution is 2.34. The Kier molecular flexibility index (Phi) is 6.80. The molecule has 1 heterocycles. The number of hydrogen-bond acceptors (Lipinski definition) is 3. The summed E-state index contributed by atoms with van der Waals surface area (Å²) in [6.45, 7) is 6.77. The molecule has 4 N–H and O–H groups in total. The van der Waals surface area contributed by atoms with E-state index < -0.39 is 6.04 Å². The standard InChI is InChI=1S/C28H32FN3O/c1-17-11-18(2)22(19(3)12-17)16-25(30)28(33)32-26-9-10-31-27-23(26)14-21(15-24(27)29)13-20-7-5-4-6-8-20/h4-8,11-12,14-15,25-26,31H,9-10,13,16,30H2,1-3H3,(H,32,33)/t25-,26+/m0/s1. The molecule has 0 bridgehead atoms. The number of carbonyl (C=O) groups is 1. The van der Waals surface area contributed by atoms with Gasteiger partial charge < -0.3 is 16.4 Å². The molecule has 1 aliphatic heterocycles. The van der Waals surface area contributed by atoms with Crippen LogP contribution in [0.15, 0.2) is 54.6 Å². The molecule has 5 heteroatoms. The Morgan fingerprint density at radius 2 is 1.79 bits per heavy atom. The largest absolute Gasteiger partial charge is 0.382 e. The maximum atomic E-state index is 14.9. The number of aryl methyl sites for hydroxylation is 3. The number of nitrogens with two attached hydrogens (primary N) is 1. The molecule has 1 aliphatic rings. The van der Waals surface area contributed by atoms with Crippen LogP contribution in [-0.4, -0.2) is 18.5 Å². The Balaban J connectivity index is 1.52. The zero-order valence-electron chi connectivity index (χ0n) is 19.5. The predicted molar refractivity (Wildman–Crippen MR) is 132 cm³/mol. The van der Waals surface area contributed by atoms with Gasteiger partial charge in [0.25, 0.3) is 0 Å². The third-order valence-corrected chi connectivity index (χ3v) is 6.46. The van der Waals surface area contributed by atoms with Gasteiger partial charge in [-0.2, -0.15) is 0 Å². The molecule has 0 saturated carbocycles. The van der Waals surface area contributed by atoms with Crippen LogP contribution < -0.4 is 16.4 Å².